The van der Waals surface area contributed by atoms with E-state index in [1.54, 1.807) is 0 Å². The standard InChI is InChI=1S/C12H19NS2/c1-9(12-4-3-7-15-12)13-10-5-6-11(8-10)14-2/h3-4,7,9-11,13H,5-6,8H2,1-2H3/t9-,10-,11+/m1/s1. The van der Waals surface area contributed by atoms with Gasteiger partial charge in [0.05, 0.1) is 0 Å². The average Bonchev–Trinajstić information content (AvgIpc) is 2.87. The van der Waals surface area contributed by atoms with Crippen molar-refractivity contribution in [3.05, 3.63) is 22.4 Å². The van der Waals surface area contributed by atoms with Gasteiger partial charge in [-0.1, -0.05) is 6.07 Å². The highest BCUT2D eigenvalue weighted by atomic mass is 32.2. The van der Waals surface area contributed by atoms with E-state index in [2.05, 4.69) is 36.0 Å². The van der Waals surface area contributed by atoms with Crippen LogP contribution in [0.15, 0.2) is 17.5 Å². The van der Waals surface area contributed by atoms with Crippen LogP contribution in [0.4, 0.5) is 0 Å². The highest BCUT2D eigenvalue weighted by Gasteiger charge is 2.25. The topological polar surface area (TPSA) is 12.0 Å². The molecule has 15 heavy (non-hydrogen) atoms. The van der Waals surface area contributed by atoms with Gasteiger partial charge in [-0.05, 0) is 43.9 Å². The van der Waals surface area contributed by atoms with Gasteiger partial charge in [0.2, 0.25) is 0 Å². The zero-order valence-electron chi connectivity index (χ0n) is 9.40. The molecule has 1 aromatic rings. The lowest BCUT2D eigenvalue weighted by Crippen LogP contribution is -2.29. The van der Waals surface area contributed by atoms with E-state index < -0.39 is 0 Å². The first-order valence-electron chi connectivity index (χ1n) is 5.62. The zero-order chi connectivity index (χ0) is 10.7. The van der Waals surface area contributed by atoms with Crippen LogP contribution in [0.1, 0.15) is 37.1 Å². The molecule has 1 heterocycles. The summed E-state index contributed by atoms with van der Waals surface area (Å²) in [4.78, 5) is 1.46. The Kier molecular flexibility index (Phi) is 4.12. The van der Waals surface area contributed by atoms with Crippen LogP contribution in [-0.2, 0) is 0 Å². The van der Waals surface area contributed by atoms with Gasteiger partial charge in [-0.3, -0.25) is 0 Å². The van der Waals surface area contributed by atoms with E-state index >= 15 is 0 Å². The minimum Gasteiger partial charge on any atom is -0.307 e. The number of hydrogen-bond donors (Lipinski definition) is 1. The van der Waals surface area contributed by atoms with Crippen LogP contribution in [0, 0.1) is 0 Å². The fourth-order valence-electron chi connectivity index (χ4n) is 2.28. The zero-order valence-corrected chi connectivity index (χ0v) is 11.0. The van der Waals surface area contributed by atoms with Crippen molar-refractivity contribution >= 4 is 23.1 Å². The first-order valence-corrected chi connectivity index (χ1v) is 7.78. The summed E-state index contributed by atoms with van der Waals surface area (Å²) in [5.74, 6) is 0. The van der Waals surface area contributed by atoms with Crippen LogP contribution in [0.25, 0.3) is 0 Å². The van der Waals surface area contributed by atoms with Gasteiger partial charge >= 0.3 is 0 Å². The van der Waals surface area contributed by atoms with Crippen LogP contribution in [0.5, 0.6) is 0 Å². The molecule has 0 spiro atoms. The van der Waals surface area contributed by atoms with E-state index in [1.807, 2.05) is 23.1 Å². The summed E-state index contributed by atoms with van der Waals surface area (Å²) in [7, 11) is 0. The lowest BCUT2D eigenvalue weighted by molar-refractivity contribution is 0.466. The Labute approximate surface area is 101 Å². The van der Waals surface area contributed by atoms with Crippen LogP contribution in [0.3, 0.4) is 0 Å². The van der Waals surface area contributed by atoms with Gasteiger partial charge in [-0.15, -0.1) is 11.3 Å². The molecule has 1 aliphatic rings. The van der Waals surface area contributed by atoms with Crippen LogP contribution >= 0.6 is 23.1 Å². The Hall–Kier alpha value is 0.01000. The maximum Gasteiger partial charge on any atom is 0.0388 e. The first kappa shape index (κ1) is 11.5. The van der Waals surface area contributed by atoms with Crippen LogP contribution < -0.4 is 5.32 Å². The average molecular weight is 241 g/mol. The SMILES string of the molecule is CS[C@H]1CC[C@@H](N[C@H](C)c2cccs2)C1. The minimum absolute atomic E-state index is 0.524. The molecule has 1 aliphatic carbocycles. The summed E-state index contributed by atoms with van der Waals surface area (Å²) in [5, 5.41) is 6.79. The smallest absolute Gasteiger partial charge is 0.0388 e. The van der Waals surface area contributed by atoms with E-state index in [1.165, 1.54) is 24.1 Å². The molecule has 0 unspecified atom stereocenters. The molecule has 1 nitrogen and oxygen atoms in total. The highest BCUT2D eigenvalue weighted by Crippen LogP contribution is 2.30. The Morgan fingerprint density at radius 2 is 2.40 bits per heavy atom. The lowest BCUT2D eigenvalue weighted by Gasteiger charge is -2.18. The number of hydrogen-bond acceptors (Lipinski definition) is 3. The lowest BCUT2D eigenvalue weighted by atomic mass is 10.2. The van der Waals surface area contributed by atoms with E-state index in [0.717, 1.165) is 11.3 Å². The summed E-state index contributed by atoms with van der Waals surface area (Å²) in [6.45, 7) is 2.28. The van der Waals surface area contributed by atoms with Crippen molar-refractivity contribution in [3.63, 3.8) is 0 Å². The van der Waals surface area contributed by atoms with Crippen molar-refractivity contribution in [1.29, 1.82) is 0 Å². The van der Waals surface area contributed by atoms with Crippen molar-refractivity contribution in [2.24, 2.45) is 0 Å². The second-order valence-corrected chi connectivity index (χ2v) is 6.39. The Morgan fingerprint density at radius 3 is 3.00 bits per heavy atom. The highest BCUT2D eigenvalue weighted by molar-refractivity contribution is 7.99. The second kappa shape index (κ2) is 5.37. The van der Waals surface area contributed by atoms with Gasteiger partial charge in [0.15, 0.2) is 0 Å². The predicted octanol–water partition coefficient (Wildman–Crippen LogP) is 3.68. The minimum atomic E-state index is 0.524. The Bertz CT molecular complexity index is 284. The van der Waals surface area contributed by atoms with Gasteiger partial charge in [0, 0.05) is 22.2 Å². The maximum absolute atomic E-state index is 3.74. The molecule has 0 saturated heterocycles. The summed E-state index contributed by atoms with van der Waals surface area (Å²) >= 11 is 3.88. The molecule has 0 aliphatic heterocycles. The molecular formula is C12H19NS2. The third-order valence-electron chi connectivity index (χ3n) is 3.17. The molecule has 2 rings (SSSR count). The third-order valence-corrected chi connectivity index (χ3v) is 5.32. The van der Waals surface area contributed by atoms with Crippen molar-refractivity contribution in [2.45, 2.75) is 43.5 Å². The number of nitrogens with one attached hydrogen (secondary N) is 1. The van der Waals surface area contributed by atoms with Gasteiger partial charge in [-0.2, -0.15) is 11.8 Å². The van der Waals surface area contributed by atoms with E-state index in [-0.39, 0.29) is 0 Å². The quantitative estimate of drug-likeness (QED) is 0.863. The molecule has 0 amide bonds. The van der Waals surface area contributed by atoms with Gasteiger partial charge in [0.25, 0.3) is 0 Å². The molecule has 1 N–H and O–H groups in total. The van der Waals surface area contributed by atoms with Crippen molar-refractivity contribution < 1.29 is 0 Å². The Balaban J connectivity index is 1.83. The van der Waals surface area contributed by atoms with Crippen molar-refractivity contribution in [1.82, 2.24) is 5.32 Å². The molecule has 1 fully saturated rings. The molecule has 1 saturated carbocycles. The fourth-order valence-corrected chi connectivity index (χ4v) is 3.82. The number of thiophene rings is 1. The number of thioether (sulfide) groups is 1. The van der Waals surface area contributed by atoms with Crippen LogP contribution in [-0.4, -0.2) is 17.5 Å². The molecule has 3 atom stereocenters. The summed E-state index contributed by atoms with van der Waals surface area (Å²) in [5.41, 5.74) is 0. The normalized spacial score (nSPS) is 28.1. The molecule has 3 heteroatoms. The summed E-state index contributed by atoms with van der Waals surface area (Å²) < 4.78 is 0. The van der Waals surface area contributed by atoms with Crippen LogP contribution in [0.2, 0.25) is 0 Å². The summed E-state index contributed by atoms with van der Waals surface area (Å²) in [6, 6.07) is 5.62. The van der Waals surface area contributed by atoms with Crippen molar-refractivity contribution in [3.8, 4) is 0 Å². The monoisotopic (exact) mass is 241 g/mol. The first-order chi connectivity index (χ1) is 7.29. The van der Waals surface area contributed by atoms with E-state index in [9.17, 15) is 0 Å². The molecule has 84 valence electrons. The number of rotatable bonds is 4. The fraction of sp³-hybridized carbons (Fsp3) is 0.667. The van der Waals surface area contributed by atoms with E-state index in [0.29, 0.717) is 6.04 Å². The van der Waals surface area contributed by atoms with E-state index in [4.69, 9.17) is 0 Å². The predicted molar refractivity (Wildman–Crippen MR) is 70.8 cm³/mol. The molecule has 0 bridgehead atoms. The largest absolute Gasteiger partial charge is 0.307 e. The van der Waals surface area contributed by atoms with Gasteiger partial charge in [0.1, 0.15) is 0 Å². The Morgan fingerprint density at radius 1 is 1.53 bits per heavy atom. The molecule has 0 aromatic carbocycles. The third kappa shape index (κ3) is 2.99. The molecule has 1 aromatic heterocycles. The van der Waals surface area contributed by atoms with Crippen molar-refractivity contribution in [2.75, 3.05) is 6.26 Å². The van der Waals surface area contributed by atoms with Gasteiger partial charge < -0.3 is 5.32 Å². The molecular weight excluding hydrogens is 222 g/mol. The van der Waals surface area contributed by atoms with Gasteiger partial charge in [-0.25, -0.2) is 0 Å². The molecule has 0 radical (unpaired) electrons. The maximum atomic E-state index is 3.74. The summed E-state index contributed by atoms with van der Waals surface area (Å²) in [6.07, 6.45) is 6.31. The second-order valence-electron chi connectivity index (χ2n) is 4.27.